The molecule has 3 aromatic rings. The second kappa shape index (κ2) is 6.49. The van der Waals surface area contributed by atoms with Crippen LogP contribution in [0.5, 0.6) is 0 Å². The molecule has 1 N–H and O–H groups in total. The summed E-state index contributed by atoms with van der Waals surface area (Å²) in [4.78, 5) is 15.9. The van der Waals surface area contributed by atoms with Crippen molar-refractivity contribution < 1.29 is 5.11 Å². The molecule has 0 amide bonds. The Hall–Kier alpha value is -2.54. The first-order chi connectivity index (χ1) is 13.8. The number of hydrogen-bond acceptors (Lipinski definition) is 6. The highest BCUT2D eigenvalue weighted by atomic mass is 16.3. The van der Waals surface area contributed by atoms with E-state index >= 15 is 0 Å². The van der Waals surface area contributed by atoms with Crippen molar-refractivity contribution in [1.82, 2.24) is 24.7 Å². The average Bonchev–Trinajstić information content (AvgIpc) is 3.33. The molecule has 0 spiro atoms. The number of fused-ring (bicyclic) bond motifs is 1. The van der Waals surface area contributed by atoms with Crippen molar-refractivity contribution in [3.8, 4) is 5.82 Å². The second-order valence-corrected chi connectivity index (χ2v) is 9.42. The molecule has 0 radical (unpaired) electrons. The summed E-state index contributed by atoms with van der Waals surface area (Å²) in [7, 11) is 0. The Kier molecular flexibility index (Phi) is 4.13. The Balaban J connectivity index is 1.48. The first-order valence-corrected chi connectivity index (χ1v) is 10.5. The zero-order chi connectivity index (χ0) is 20.2. The Bertz CT molecular complexity index is 1050. The molecule has 3 aromatic heterocycles. The summed E-state index contributed by atoms with van der Waals surface area (Å²) in [5.74, 6) is 1.88. The molecular weight excluding hydrogens is 364 g/mol. The van der Waals surface area contributed by atoms with Crippen LogP contribution in [0.3, 0.4) is 0 Å². The van der Waals surface area contributed by atoms with Crippen LogP contribution in [-0.2, 0) is 5.41 Å². The zero-order valence-corrected chi connectivity index (χ0v) is 17.3. The van der Waals surface area contributed by atoms with Crippen molar-refractivity contribution in [3.63, 3.8) is 0 Å². The molecule has 7 heteroatoms. The lowest BCUT2D eigenvalue weighted by Gasteiger charge is -2.37. The number of nitrogens with zero attached hydrogens (tertiary/aromatic N) is 6. The standard InChI is InChI=1S/C22H28N6O/c1-21(2,29)16-5-8-27(13-16)19-10-20(25-14-24-19)28-17-9-18(22(3)6-4-7-22)23-11-15(17)12-26-28/h9-12,14,16,29H,4-8,13H2,1-3H3/t16-/m1/s1. The summed E-state index contributed by atoms with van der Waals surface area (Å²) in [5, 5.41) is 15.9. The molecular formula is C22H28N6O. The molecule has 2 aliphatic rings. The summed E-state index contributed by atoms with van der Waals surface area (Å²) in [5.41, 5.74) is 1.68. The van der Waals surface area contributed by atoms with E-state index in [0.717, 1.165) is 47.7 Å². The average molecular weight is 393 g/mol. The molecule has 1 atom stereocenters. The number of aromatic nitrogens is 5. The lowest BCUT2D eigenvalue weighted by atomic mass is 9.68. The highest BCUT2D eigenvalue weighted by Gasteiger charge is 2.36. The third-order valence-corrected chi connectivity index (χ3v) is 6.89. The molecule has 4 heterocycles. The molecule has 7 nitrogen and oxygen atoms in total. The van der Waals surface area contributed by atoms with Gasteiger partial charge in [0.05, 0.1) is 17.3 Å². The van der Waals surface area contributed by atoms with Crippen LogP contribution >= 0.6 is 0 Å². The molecule has 1 saturated heterocycles. The SMILES string of the molecule is CC1(c2cc3c(cn2)cnn3-c2cc(N3CC[C@@H](C(C)(C)O)C3)ncn2)CCC1. The van der Waals surface area contributed by atoms with E-state index in [0.29, 0.717) is 0 Å². The van der Waals surface area contributed by atoms with Crippen LogP contribution in [0.2, 0.25) is 0 Å². The topological polar surface area (TPSA) is 80.0 Å². The summed E-state index contributed by atoms with van der Waals surface area (Å²) < 4.78 is 1.89. The molecule has 0 unspecified atom stereocenters. The predicted octanol–water partition coefficient (Wildman–Crippen LogP) is 3.25. The quantitative estimate of drug-likeness (QED) is 0.734. The molecule has 5 rings (SSSR count). The lowest BCUT2D eigenvalue weighted by molar-refractivity contribution is 0.0263. The van der Waals surface area contributed by atoms with Crippen LogP contribution in [0.15, 0.2) is 30.9 Å². The summed E-state index contributed by atoms with van der Waals surface area (Å²) in [6.07, 6.45) is 9.98. The van der Waals surface area contributed by atoms with Gasteiger partial charge in [-0.2, -0.15) is 5.10 Å². The number of rotatable bonds is 4. The van der Waals surface area contributed by atoms with Gasteiger partial charge in [0, 0.05) is 47.8 Å². The van der Waals surface area contributed by atoms with E-state index in [2.05, 4.69) is 33.0 Å². The fraction of sp³-hybridized carbons (Fsp3) is 0.545. The van der Waals surface area contributed by atoms with Crippen LogP contribution in [0.25, 0.3) is 16.7 Å². The van der Waals surface area contributed by atoms with Gasteiger partial charge in [-0.3, -0.25) is 4.98 Å². The Morgan fingerprint density at radius 3 is 2.59 bits per heavy atom. The fourth-order valence-electron chi connectivity index (χ4n) is 4.57. The molecule has 1 aliphatic carbocycles. The zero-order valence-electron chi connectivity index (χ0n) is 17.3. The van der Waals surface area contributed by atoms with Crippen molar-refractivity contribution in [1.29, 1.82) is 0 Å². The number of anilines is 1. The van der Waals surface area contributed by atoms with Gasteiger partial charge in [-0.25, -0.2) is 14.6 Å². The fourth-order valence-corrected chi connectivity index (χ4v) is 4.57. The van der Waals surface area contributed by atoms with Gasteiger partial charge in [-0.15, -0.1) is 0 Å². The van der Waals surface area contributed by atoms with E-state index in [9.17, 15) is 5.11 Å². The maximum Gasteiger partial charge on any atom is 0.159 e. The maximum absolute atomic E-state index is 10.3. The van der Waals surface area contributed by atoms with Gasteiger partial charge in [-0.1, -0.05) is 13.3 Å². The normalized spacial score (nSPS) is 21.5. The van der Waals surface area contributed by atoms with Gasteiger partial charge in [0.1, 0.15) is 12.1 Å². The second-order valence-electron chi connectivity index (χ2n) is 9.42. The van der Waals surface area contributed by atoms with Crippen LogP contribution < -0.4 is 4.90 Å². The lowest BCUT2D eigenvalue weighted by Crippen LogP contribution is -2.33. The van der Waals surface area contributed by atoms with Crippen LogP contribution in [0, 0.1) is 5.92 Å². The Morgan fingerprint density at radius 1 is 1.10 bits per heavy atom. The summed E-state index contributed by atoms with van der Waals surface area (Å²) >= 11 is 0. The smallest absolute Gasteiger partial charge is 0.159 e. The van der Waals surface area contributed by atoms with E-state index in [1.54, 1.807) is 6.33 Å². The molecule has 29 heavy (non-hydrogen) atoms. The minimum atomic E-state index is -0.677. The van der Waals surface area contributed by atoms with E-state index in [1.807, 2.05) is 37.0 Å². The molecule has 0 aromatic carbocycles. The van der Waals surface area contributed by atoms with Crippen molar-refractivity contribution in [3.05, 3.63) is 36.5 Å². The van der Waals surface area contributed by atoms with Gasteiger partial charge < -0.3 is 10.0 Å². The maximum atomic E-state index is 10.3. The van der Waals surface area contributed by atoms with Gasteiger partial charge in [0.25, 0.3) is 0 Å². The van der Waals surface area contributed by atoms with Gasteiger partial charge in [0.15, 0.2) is 5.82 Å². The Morgan fingerprint density at radius 2 is 1.90 bits per heavy atom. The van der Waals surface area contributed by atoms with Crippen LogP contribution in [0.4, 0.5) is 5.82 Å². The predicted molar refractivity (Wildman–Crippen MR) is 112 cm³/mol. The molecule has 152 valence electrons. The van der Waals surface area contributed by atoms with E-state index in [4.69, 9.17) is 4.98 Å². The van der Waals surface area contributed by atoms with Gasteiger partial charge in [0.2, 0.25) is 0 Å². The molecule has 2 fully saturated rings. The first-order valence-electron chi connectivity index (χ1n) is 10.5. The molecule has 1 aliphatic heterocycles. The number of aliphatic hydroxyl groups is 1. The monoisotopic (exact) mass is 392 g/mol. The van der Waals surface area contributed by atoms with E-state index in [-0.39, 0.29) is 11.3 Å². The highest BCUT2D eigenvalue weighted by molar-refractivity contribution is 5.79. The van der Waals surface area contributed by atoms with Crippen LogP contribution in [0.1, 0.15) is 52.1 Å². The minimum absolute atomic E-state index is 0.182. The third kappa shape index (κ3) is 3.17. The summed E-state index contributed by atoms with van der Waals surface area (Å²) in [6, 6.07) is 4.16. The highest BCUT2D eigenvalue weighted by Crippen LogP contribution is 2.42. The van der Waals surface area contributed by atoms with Gasteiger partial charge >= 0.3 is 0 Å². The van der Waals surface area contributed by atoms with Gasteiger partial charge in [-0.05, 0) is 39.2 Å². The number of pyridine rings is 1. The van der Waals surface area contributed by atoms with Crippen molar-refractivity contribution >= 4 is 16.7 Å². The number of hydrogen-bond donors (Lipinski definition) is 1. The van der Waals surface area contributed by atoms with E-state index < -0.39 is 5.60 Å². The molecule has 1 saturated carbocycles. The van der Waals surface area contributed by atoms with E-state index in [1.165, 1.54) is 19.3 Å². The van der Waals surface area contributed by atoms with Crippen molar-refractivity contribution in [2.24, 2.45) is 5.92 Å². The van der Waals surface area contributed by atoms with Crippen LogP contribution in [-0.4, -0.2) is 48.5 Å². The summed E-state index contributed by atoms with van der Waals surface area (Å²) in [6.45, 7) is 7.75. The van der Waals surface area contributed by atoms with Crippen molar-refractivity contribution in [2.75, 3.05) is 18.0 Å². The largest absolute Gasteiger partial charge is 0.390 e. The molecule has 0 bridgehead atoms. The van der Waals surface area contributed by atoms with Crippen molar-refractivity contribution in [2.45, 2.75) is 57.5 Å². The Labute approximate surface area is 170 Å². The minimum Gasteiger partial charge on any atom is -0.390 e. The third-order valence-electron chi connectivity index (χ3n) is 6.89. The first kappa shape index (κ1) is 18.5.